The van der Waals surface area contributed by atoms with Gasteiger partial charge in [0.1, 0.15) is 0 Å². The summed E-state index contributed by atoms with van der Waals surface area (Å²) in [4.78, 5) is 12.0. The lowest BCUT2D eigenvalue weighted by Crippen LogP contribution is -2.18. The maximum Gasteiger partial charge on any atom is 0.227 e. The largest absolute Gasteiger partial charge is 0.504 e. The van der Waals surface area contributed by atoms with E-state index in [2.05, 4.69) is 17.2 Å². The molecule has 0 saturated carbocycles. The molecule has 0 aliphatic carbocycles. The monoisotopic (exact) mass is 383 g/mol. The van der Waals surface area contributed by atoms with Gasteiger partial charge in [0, 0.05) is 41.6 Å². The number of halogens is 1. The molecule has 3 rings (SSSR count). The van der Waals surface area contributed by atoms with Crippen molar-refractivity contribution in [3.63, 3.8) is 0 Å². The van der Waals surface area contributed by atoms with E-state index in [0.717, 1.165) is 16.6 Å². The Bertz CT molecular complexity index is 1040. The van der Waals surface area contributed by atoms with Crippen LogP contribution in [-0.2, 0) is 11.8 Å². The van der Waals surface area contributed by atoms with Crippen molar-refractivity contribution in [2.45, 2.75) is 13.8 Å². The molecule has 0 aliphatic rings. The highest BCUT2D eigenvalue weighted by Crippen LogP contribution is 2.41. The summed E-state index contributed by atoms with van der Waals surface area (Å²) in [5.41, 5.74) is 3.39. The molecule has 1 aromatic heterocycles. The lowest BCUT2D eigenvalue weighted by molar-refractivity contribution is -0.118. The number of fused-ring (bicyclic) bond motifs is 1. The topological polar surface area (TPSA) is 66.3 Å². The fourth-order valence-electron chi connectivity index (χ4n) is 2.83. The smallest absolute Gasteiger partial charge is 0.227 e. The maximum atomic E-state index is 12.0. The molecule has 0 bridgehead atoms. The summed E-state index contributed by atoms with van der Waals surface area (Å²) in [6.45, 7) is 7.34. The number of nitrogens with one attached hydrogen (secondary N) is 2. The fraction of sp³-hybridized carbons (Fsp3) is 0.190. The van der Waals surface area contributed by atoms with Crippen LogP contribution in [0.2, 0.25) is 5.02 Å². The van der Waals surface area contributed by atoms with Crippen LogP contribution in [0.25, 0.3) is 17.0 Å². The third-order valence-corrected chi connectivity index (χ3v) is 4.81. The van der Waals surface area contributed by atoms with Crippen molar-refractivity contribution in [2.75, 3.05) is 10.6 Å². The van der Waals surface area contributed by atoms with Gasteiger partial charge in [-0.3, -0.25) is 4.79 Å². The number of benzene rings is 2. The first kappa shape index (κ1) is 18.9. The molecule has 0 unspecified atom stereocenters. The molecule has 27 heavy (non-hydrogen) atoms. The van der Waals surface area contributed by atoms with E-state index in [1.54, 1.807) is 26.0 Å². The van der Waals surface area contributed by atoms with Crippen molar-refractivity contribution < 1.29 is 9.90 Å². The van der Waals surface area contributed by atoms with E-state index in [0.29, 0.717) is 11.3 Å². The van der Waals surface area contributed by atoms with Crippen LogP contribution >= 0.6 is 11.6 Å². The number of carbonyl (C=O) groups is 1. The number of anilines is 3. The molecule has 2 aromatic carbocycles. The minimum atomic E-state index is -0.224. The second-order valence-corrected chi connectivity index (χ2v) is 7.10. The lowest BCUT2D eigenvalue weighted by Gasteiger charge is -2.17. The van der Waals surface area contributed by atoms with Gasteiger partial charge in [0.2, 0.25) is 5.91 Å². The van der Waals surface area contributed by atoms with E-state index >= 15 is 0 Å². The van der Waals surface area contributed by atoms with Crippen LogP contribution in [0.1, 0.15) is 19.4 Å². The van der Waals surface area contributed by atoms with Gasteiger partial charge in [-0.15, -0.1) is 0 Å². The Balaban J connectivity index is 2.04. The molecular weight excluding hydrogens is 362 g/mol. The molecular formula is C21H22ClN3O2. The van der Waals surface area contributed by atoms with Gasteiger partial charge in [-0.2, -0.15) is 0 Å². The number of phenolic OH excluding ortho intramolecular Hbond substituents is 1. The average Bonchev–Trinajstić information content (AvgIpc) is 3.00. The van der Waals surface area contributed by atoms with Crippen molar-refractivity contribution in [1.29, 1.82) is 0 Å². The molecule has 0 saturated heterocycles. The lowest BCUT2D eigenvalue weighted by atomic mass is 10.1. The van der Waals surface area contributed by atoms with Gasteiger partial charge in [0.25, 0.3) is 0 Å². The predicted octanol–water partition coefficient (Wildman–Crippen LogP) is 5.52. The first-order chi connectivity index (χ1) is 12.8. The van der Waals surface area contributed by atoms with Crippen LogP contribution in [0.15, 0.2) is 43.1 Å². The summed E-state index contributed by atoms with van der Waals surface area (Å²) in [6.07, 6.45) is 3.57. The standard InChI is InChI=1S/C21H22ClN3O2/c1-5-15-16(11-17(20(26)19(15)22)24-21(27)12(2)3)23-14-7-6-13-8-9-25(4)18(13)10-14/h5-12,23,26H,1H2,2-4H3,(H,24,27). The number of phenols is 1. The van der Waals surface area contributed by atoms with Gasteiger partial charge in [0.15, 0.2) is 5.75 Å². The Morgan fingerprint density at radius 2 is 2.00 bits per heavy atom. The van der Waals surface area contributed by atoms with Gasteiger partial charge in [0.05, 0.1) is 10.7 Å². The number of rotatable bonds is 5. The first-order valence-corrected chi connectivity index (χ1v) is 9.00. The van der Waals surface area contributed by atoms with E-state index in [-0.39, 0.29) is 28.3 Å². The number of amides is 1. The average molecular weight is 384 g/mol. The van der Waals surface area contributed by atoms with Crippen LogP contribution in [0.3, 0.4) is 0 Å². The molecule has 0 atom stereocenters. The number of aromatic nitrogens is 1. The number of hydrogen-bond donors (Lipinski definition) is 3. The zero-order chi connectivity index (χ0) is 19.7. The van der Waals surface area contributed by atoms with Gasteiger partial charge < -0.3 is 20.3 Å². The van der Waals surface area contributed by atoms with Crippen LogP contribution in [0, 0.1) is 5.92 Å². The van der Waals surface area contributed by atoms with E-state index < -0.39 is 0 Å². The molecule has 5 nitrogen and oxygen atoms in total. The van der Waals surface area contributed by atoms with E-state index in [1.165, 1.54) is 0 Å². The molecule has 3 N–H and O–H groups in total. The van der Waals surface area contributed by atoms with Crippen molar-refractivity contribution >= 4 is 51.5 Å². The molecule has 140 valence electrons. The highest BCUT2D eigenvalue weighted by Gasteiger charge is 2.18. The predicted molar refractivity (Wildman–Crippen MR) is 113 cm³/mol. The van der Waals surface area contributed by atoms with Crippen LogP contribution in [-0.4, -0.2) is 15.6 Å². The second kappa shape index (κ2) is 7.37. The third-order valence-electron chi connectivity index (χ3n) is 4.43. The van der Waals surface area contributed by atoms with Crippen molar-refractivity contribution in [2.24, 2.45) is 13.0 Å². The summed E-state index contributed by atoms with van der Waals surface area (Å²) >= 11 is 6.32. The fourth-order valence-corrected chi connectivity index (χ4v) is 3.11. The summed E-state index contributed by atoms with van der Waals surface area (Å²) in [6, 6.07) is 9.71. The molecule has 0 aliphatic heterocycles. The van der Waals surface area contributed by atoms with Gasteiger partial charge in [-0.25, -0.2) is 0 Å². The molecule has 6 heteroatoms. The number of carbonyl (C=O) groups excluding carboxylic acids is 1. The quantitative estimate of drug-likeness (QED) is 0.401. The molecule has 0 spiro atoms. The SMILES string of the molecule is C=Cc1c(Nc2ccc3ccn(C)c3c2)cc(NC(=O)C(C)C)c(O)c1Cl. The highest BCUT2D eigenvalue weighted by atomic mass is 35.5. The summed E-state index contributed by atoms with van der Waals surface area (Å²) < 4.78 is 2.03. The Kier molecular flexibility index (Phi) is 5.15. The zero-order valence-electron chi connectivity index (χ0n) is 15.5. The second-order valence-electron chi connectivity index (χ2n) is 6.72. The van der Waals surface area contributed by atoms with Gasteiger partial charge in [-0.05, 0) is 29.7 Å². The number of nitrogens with zero attached hydrogens (tertiary/aromatic N) is 1. The molecule has 1 amide bonds. The van der Waals surface area contributed by atoms with Crippen molar-refractivity contribution in [1.82, 2.24) is 4.57 Å². The first-order valence-electron chi connectivity index (χ1n) is 8.62. The zero-order valence-corrected chi connectivity index (χ0v) is 16.3. The maximum absolute atomic E-state index is 12.0. The number of hydrogen-bond acceptors (Lipinski definition) is 3. The van der Waals surface area contributed by atoms with E-state index in [9.17, 15) is 9.90 Å². The Hall–Kier alpha value is -2.92. The molecule has 0 fully saturated rings. The normalized spacial score (nSPS) is 11.0. The third kappa shape index (κ3) is 3.64. The molecule has 0 radical (unpaired) electrons. The summed E-state index contributed by atoms with van der Waals surface area (Å²) in [5, 5.41) is 17.7. The summed E-state index contributed by atoms with van der Waals surface area (Å²) in [5.74, 6) is -0.605. The van der Waals surface area contributed by atoms with Crippen LogP contribution in [0.4, 0.5) is 17.1 Å². The molecule has 3 aromatic rings. The Morgan fingerprint density at radius 3 is 2.67 bits per heavy atom. The number of aromatic hydroxyl groups is 1. The van der Waals surface area contributed by atoms with Crippen LogP contribution in [0.5, 0.6) is 5.75 Å². The van der Waals surface area contributed by atoms with E-state index in [1.807, 2.05) is 42.1 Å². The van der Waals surface area contributed by atoms with E-state index in [4.69, 9.17) is 11.6 Å². The molecule has 1 heterocycles. The Labute approximate surface area is 163 Å². The summed E-state index contributed by atoms with van der Waals surface area (Å²) in [7, 11) is 1.98. The minimum absolute atomic E-state index is 0.133. The minimum Gasteiger partial charge on any atom is -0.504 e. The highest BCUT2D eigenvalue weighted by molar-refractivity contribution is 6.34. The van der Waals surface area contributed by atoms with Gasteiger partial charge >= 0.3 is 0 Å². The van der Waals surface area contributed by atoms with Crippen molar-refractivity contribution in [3.8, 4) is 5.75 Å². The van der Waals surface area contributed by atoms with Crippen molar-refractivity contribution in [3.05, 3.63) is 53.7 Å². The van der Waals surface area contributed by atoms with Gasteiger partial charge in [-0.1, -0.05) is 44.2 Å². The van der Waals surface area contributed by atoms with Crippen LogP contribution < -0.4 is 10.6 Å². The Morgan fingerprint density at radius 1 is 1.26 bits per heavy atom. The number of aryl methyl sites for hydroxylation is 1.